The first-order chi connectivity index (χ1) is 8.03. The fraction of sp³-hybridized carbons (Fsp3) is 0.833. The topological polar surface area (TPSA) is 42.8 Å². The number of H-pyrrole nitrogens is 1. The largest absolute Gasteiger partial charge is 0.385 e. The van der Waals surface area contributed by atoms with Gasteiger partial charge in [0.15, 0.2) is 4.77 Å². The molecule has 0 radical (unpaired) electrons. The normalized spacial score (nSPS) is 16.4. The van der Waals surface area contributed by atoms with Crippen molar-refractivity contribution in [2.75, 3.05) is 13.7 Å². The second-order valence-corrected chi connectivity index (χ2v) is 6.04. The van der Waals surface area contributed by atoms with Crippen LogP contribution in [-0.4, -0.2) is 28.5 Å². The first kappa shape index (κ1) is 12.8. The van der Waals surface area contributed by atoms with Gasteiger partial charge in [0.25, 0.3) is 0 Å². The van der Waals surface area contributed by atoms with E-state index in [2.05, 4.69) is 28.6 Å². The lowest BCUT2D eigenvalue weighted by molar-refractivity contribution is 0.141. The highest BCUT2D eigenvalue weighted by Crippen LogP contribution is 2.39. The van der Waals surface area contributed by atoms with Crippen LogP contribution in [0, 0.1) is 10.2 Å². The Morgan fingerprint density at radius 2 is 2.24 bits per heavy atom. The molecule has 1 aliphatic carbocycles. The first-order valence-electron chi connectivity index (χ1n) is 6.17. The van der Waals surface area contributed by atoms with E-state index < -0.39 is 0 Å². The van der Waals surface area contributed by atoms with Crippen molar-refractivity contribution in [1.82, 2.24) is 14.8 Å². The molecular weight excluding hydrogens is 234 g/mol. The van der Waals surface area contributed by atoms with E-state index in [9.17, 15) is 0 Å². The van der Waals surface area contributed by atoms with Gasteiger partial charge in [-0.1, -0.05) is 13.8 Å². The molecule has 0 bridgehead atoms. The van der Waals surface area contributed by atoms with Gasteiger partial charge < -0.3 is 9.30 Å². The summed E-state index contributed by atoms with van der Waals surface area (Å²) in [6.45, 7) is 6.20. The minimum atomic E-state index is 0.182. The van der Waals surface area contributed by atoms with Crippen LogP contribution in [0.1, 0.15) is 44.9 Å². The summed E-state index contributed by atoms with van der Waals surface area (Å²) in [5, 5.41) is 7.28. The molecule has 0 aliphatic heterocycles. The lowest BCUT2D eigenvalue weighted by Crippen LogP contribution is -2.22. The maximum Gasteiger partial charge on any atom is 0.195 e. The molecule has 0 aromatic carbocycles. The lowest BCUT2D eigenvalue weighted by atomic mass is 9.89. The number of rotatable bonds is 6. The molecule has 0 spiro atoms. The number of hydrogen-bond donors (Lipinski definition) is 1. The van der Waals surface area contributed by atoms with Crippen LogP contribution in [0.4, 0.5) is 0 Å². The molecule has 4 nitrogen and oxygen atoms in total. The second-order valence-electron chi connectivity index (χ2n) is 5.65. The van der Waals surface area contributed by atoms with E-state index >= 15 is 0 Å². The second kappa shape index (κ2) is 4.90. The fourth-order valence-electron chi connectivity index (χ4n) is 2.02. The van der Waals surface area contributed by atoms with Gasteiger partial charge in [-0.3, -0.25) is 5.10 Å². The van der Waals surface area contributed by atoms with Crippen molar-refractivity contribution in [3.05, 3.63) is 10.6 Å². The van der Waals surface area contributed by atoms with Crippen molar-refractivity contribution < 1.29 is 4.74 Å². The molecule has 1 saturated carbocycles. The standard InChI is InChI=1S/C12H21N3OS/c1-12(2,6-7-16-3)8-15-10(9-4-5-9)13-14-11(15)17/h9H,4-8H2,1-3H3,(H,14,17). The Bertz CT molecular complexity index is 431. The monoisotopic (exact) mass is 255 g/mol. The zero-order chi connectivity index (χ0) is 12.5. The maximum atomic E-state index is 5.31. The van der Waals surface area contributed by atoms with Crippen molar-refractivity contribution in [2.24, 2.45) is 5.41 Å². The molecule has 17 heavy (non-hydrogen) atoms. The van der Waals surface area contributed by atoms with Gasteiger partial charge in [-0.05, 0) is 36.9 Å². The number of nitrogens with zero attached hydrogens (tertiary/aromatic N) is 2. The molecule has 1 N–H and O–H groups in total. The molecule has 1 aromatic rings. The van der Waals surface area contributed by atoms with Gasteiger partial charge in [-0.25, -0.2) is 0 Å². The van der Waals surface area contributed by atoms with Gasteiger partial charge in [0.05, 0.1) is 0 Å². The van der Waals surface area contributed by atoms with Crippen LogP contribution in [-0.2, 0) is 11.3 Å². The molecule has 0 amide bonds. The molecule has 1 aliphatic rings. The first-order valence-corrected chi connectivity index (χ1v) is 6.58. The quantitative estimate of drug-likeness (QED) is 0.795. The van der Waals surface area contributed by atoms with Crippen LogP contribution in [0.5, 0.6) is 0 Å². The van der Waals surface area contributed by atoms with Crippen molar-refractivity contribution in [3.8, 4) is 0 Å². The number of aromatic nitrogens is 3. The maximum absolute atomic E-state index is 5.31. The van der Waals surface area contributed by atoms with Crippen LogP contribution in [0.25, 0.3) is 0 Å². The summed E-state index contributed by atoms with van der Waals surface area (Å²) in [5.74, 6) is 1.77. The summed E-state index contributed by atoms with van der Waals surface area (Å²) in [7, 11) is 1.75. The number of ether oxygens (including phenoxy) is 1. The molecule has 0 unspecified atom stereocenters. The molecule has 0 saturated heterocycles. The Balaban J connectivity index is 2.11. The van der Waals surface area contributed by atoms with E-state index in [0.717, 1.165) is 30.2 Å². The van der Waals surface area contributed by atoms with Crippen LogP contribution in [0.2, 0.25) is 0 Å². The number of aromatic amines is 1. The predicted molar refractivity (Wildman–Crippen MR) is 69.7 cm³/mol. The number of nitrogens with one attached hydrogen (secondary N) is 1. The van der Waals surface area contributed by atoms with Crippen LogP contribution in [0.15, 0.2) is 0 Å². The molecule has 0 atom stereocenters. The van der Waals surface area contributed by atoms with Gasteiger partial charge in [0, 0.05) is 26.2 Å². The summed E-state index contributed by atoms with van der Waals surface area (Å²) >= 11 is 5.31. The Labute approximate surface area is 107 Å². The van der Waals surface area contributed by atoms with E-state index in [4.69, 9.17) is 17.0 Å². The molecule has 96 valence electrons. The Kier molecular flexibility index (Phi) is 3.68. The van der Waals surface area contributed by atoms with Gasteiger partial charge in [-0.15, -0.1) is 0 Å². The van der Waals surface area contributed by atoms with Crippen molar-refractivity contribution >= 4 is 12.2 Å². The van der Waals surface area contributed by atoms with E-state index in [1.54, 1.807) is 7.11 Å². The Morgan fingerprint density at radius 1 is 1.53 bits per heavy atom. The Hall–Kier alpha value is -0.680. The van der Waals surface area contributed by atoms with E-state index in [0.29, 0.717) is 5.92 Å². The average Bonchev–Trinajstić information content (AvgIpc) is 3.04. The van der Waals surface area contributed by atoms with E-state index in [1.165, 1.54) is 12.8 Å². The van der Waals surface area contributed by atoms with E-state index in [1.807, 2.05) is 0 Å². The highest BCUT2D eigenvalue weighted by molar-refractivity contribution is 7.71. The van der Waals surface area contributed by atoms with E-state index in [-0.39, 0.29) is 5.41 Å². The smallest absolute Gasteiger partial charge is 0.195 e. The summed E-state index contributed by atoms with van der Waals surface area (Å²) in [5.41, 5.74) is 0.182. The minimum Gasteiger partial charge on any atom is -0.385 e. The third kappa shape index (κ3) is 3.16. The molecular formula is C12H21N3OS. The zero-order valence-corrected chi connectivity index (χ0v) is 11.6. The lowest BCUT2D eigenvalue weighted by Gasteiger charge is -2.25. The van der Waals surface area contributed by atoms with Crippen molar-refractivity contribution in [3.63, 3.8) is 0 Å². The van der Waals surface area contributed by atoms with Gasteiger partial charge >= 0.3 is 0 Å². The highest BCUT2D eigenvalue weighted by Gasteiger charge is 2.30. The molecule has 2 rings (SSSR count). The van der Waals surface area contributed by atoms with Crippen LogP contribution < -0.4 is 0 Å². The van der Waals surface area contributed by atoms with Gasteiger partial charge in [0.2, 0.25) is 0 Å². The molecule has 1 aromatic heterocycles. The Morgan fingerprint density at radius 3 is 2.82 bits per heavy atom. The van der Waals surface area contributed by atoms with Crippen LogP contribution >= 0.6 is 12.2 Å². The van der Waals surface area contributed by atoms with Gasteiger partial charge in [-0.2, -0.15) is 5.10 Å². The minimum absolute atomic E-state index is 0.182. The average molecular weight is 255 g/mol. The summed E-state index contributed by atoms with van der Waals surface area (Å²) in [6.07, 6.45) is 3.52. The molecule has 5 heteroatoms. The predicted octanol–water partition coefficient (Wildman–Crippen LogP) is 2.88. The van der Waals surface area contributed by atoms with Crippen molar-refractivity contribution in [1.29, 1.82) is 0 Å². The molecule has 1 heterocycles. The third-order valence-electron chi connectivity index (χ3n) is 3.30. The highest BCUT2D eigenvalue weighted by atomic mass is 32.1. The summed E-state index contributed by atoms with van der Waals surface area (Å²) in [4.78, 5) is 0. The van der Waals surface area contributed by atoms with Crippen LogP contribution in [0.3, 0.4) is 0 Å². The zero-order valence-electron chi connectivity index (χ0n) is 10.8. The fourth-order valence-corrected chi connectivity index (χ4v) is 2.23. The van der Waals surface area contributed by atoms with Gasteiger partial charge in [0.1, 0.15) is 5.82 Å². The summed E-state index contributed by atoms with van der Waals surface area (Å²) < 4.78 is 8.08. The summed E-state index contributed by atoms with van der Waals surface area (Å²) in [6, 6.07) is 0. The molecule has 1 fully saturated rings. The van der Waals surface area contributed by atoms with Crippen molar-refractivity contribution in [2.45, 2.75) is 45.6 Å². The number of methoxy groups -OCH3 is 1. The third-order valence-corrected chi connectivity index (χ3v) is 3.61. The SMILES string of the molecule is COCCC(C)(C)Cn1c(C2CC2)n[nH]c1=S. The number of hydrogen-bond acceptors (Lipinski definition) is 3.